The molecule has 0 unspecified atom stereocenters. The molecule has 4 saturated carbocycles. The molecule has 3 N–H and O–H groups in total. The fraction of sp³-hybridized carbons (Fsp3) is 0.966. The van der Waals surface area contributed by atoms with Crippen LogP contribution in [0.1, 0.15) is 126 Å². The van der Waals surface area contributed by atoms with Gasteiger partial charge in [-0.05, 0) is 132 Å². The van der Waals surface area contributed by atoms with Crippen LogP contribution in [0.25, 0.3) is 0 Å². The fourth-order valence-electron chi connectivity index (χ4n) is 7.27. The van der Waals surface area contributed by atoms with Gasteiger partial charge in [0.25, 0.3) is 0 Å². The predicted octanol–water partition coefficient (Wildman–Crippen LogP) is 7.45. The van der Waals surface area contributed by atoms with Crippen LogP contribution in [0.5, 0.6) is 0 Å². The Kier molecular flexibility index (Phi) is 8.51. The number of carbonyl (C=O) groups is 1. The fourth-order valence-corrected chi connectivity index (χ4v) is 7.27. The second-order valence-corrected chi connectivity index (χ2v) is 14.1. The quantitative estimate of drug-likeness (QED) is 0.458. The van der Waals surface area contributed by atoms with E-state index in [1.54, 1.807) is 0 Å². The normalized spacial score (nSPS) is 38.4. The molecule has 0 aromatic rings. The molecule has 0 aromatic heterocycles. The van der Waals surface area contributed by atoms with Crippen molar-refractivity contribution in [2.45, 2.75) is 143 Å². The van der Waals surface area contributed by atoms with Crippen molar-refractivity contribution in [1.29, 1.82) is 0 Å². The van der Waals surface area contributed by atoms with Crippen molar-refractivity contribution in [3.05, 3.63) is 0 Å². The molecular weight excluding hydrogens is 408 g/mol. The summed E-state index contributed by atoms with van der Waals surface area (Å²) in [5, 5.41) is 3.02. The van der Waals surface area contributed by atoms with Crippen molar-refractivity contribution >= 4 is 6.09 Å². The maximum absolute atomic E-state index is 11.7. The molecular formula is C29H54N2O2. The molecule has 4 nitrogen and oxygen atoms in total. The van der Waals surface area contributed by atoms with E-state index in [1.807, 2.05) is 20.8 Å². The third-order valence-electron chi connectivity index (χ3n) is 9.54. The monoisotopic (exact) mass is 462 g/mol. The first-order chi connectivity index (χ1) is 15.3. The second-order valence-electron chi connectivity index (χ2n) is 14.1. The van der Waals surface area contributed by atoms with E-state index >= 15 is 0 Å². The first-order valence-electron chi connectivity index (χ1n) is 14.1. The Hall–Kier alpha value is -0.770. The van der Waals surface area contributed by atoms with E-state index in [0.717, 1.165) is 36.5 Å². The summed E-state index contributed by atoms with van der Waals surface area (Å²) in [6, 6.07) is 0.871. The third kappa shape index (κ3) is 7.36. The molecule has 4 heteroatoms. The minimum Gasteiger partial charge on any atom is -0.444 e. The van der Waals surface area contributed by atoms with Gasteiger partial charge >= 0.3 is 6.09 Å². The zero-order chi connectivity index (χ0) is 24.4. The zero-order valence-corrected chi connectivity index (χ0v) is 22.8. The number of hydrogen-bond acceptors (Lipinski definition) is 3. The van der Waals surface area contributed by atoms with Crippen LogP contribution in [0.4, 0.5) is 4.79 Å². The van der Waals surface area contributed by atoms with Crippen LogP contribution in [-0.2, 0) is 4.74 Å². The van der Waals surface area contributed by atoms with Crippen molar-refractivity contribution in [1.82, 2.24) is 5.32 Å². The maximum Gasteiger partial charge on any atom is 0.407 e. The maximum atomic E-state index is 11.7. The number of hydrogen-bond donors (Lipinski definition) is 2. The lowest BCUT2D eigenvalue weighted by atomic mass is 9.56. The van der Waals surface area contributed by atoms with E-state index < -0.39 is 5.60 Å². The lowest BCUT2D eigenvalue weighted by molar-refractivity contribution is 0.00320. The van der Waals surface area contributed by atoms with Crippen molar-refractivity contribution in [3.63, 3.8) is 0 Å². The largest absolute Gasteiger partial charge is 0.444 e. The summed E-state index contributed by atoms with van der Waals surface area (Å²) < 4.78 is 5.32. The van der Waals surface area contributed by atoms with Gasteiger partial charge < -0.3 is 15.8 Å². The van der Waals surface area contributed by atoms with E-state index in [0.29, 0.717) is 22.9 Å². The zero-order valence-electron chi connectivity index (χ0n) is 22.8. The highest BCUT2D eigenvalue weighted by atomic mass is 16.6. The Labute approximate surface area is 204 Å². The van der Waals surface area contributed by atoms with Crippen LogP contribution in [0.2, 0.25) is 0 Å². The molecule has 0 heterocycles. The molecule has 0 saturated heterocycles. The topological polar surface area (TPSA) is 64.3 Å². The molecule has 4 fully saturated rings. The molecule has 0 aliphatic heterocycles. The van der Waals surface area contributed by atoms with Gasteiger partial charge in [0.2, 0.25) is 0 Å². The van der Waals surface area contributed by atoms with Crippen molar-refractivity contribution < 1.29 is 9.53 Å². The summed E-state index contributed by atoms with van der Waals surface area (Å²) in [6.07, 6.45) is 16.0. The van der Waals surface area contributed by atoms with Gasteiger partial charge in [-0.1, -0.05) is 27.7 Å². The molecule has 33 heavy (non-hydrogen) atoms. The molecule has 4 aliphatic carbocycles. The molecule has 4 aliphatic rings. The Bertz CT molecular complexity index is 618. The first-order valence-corrected chi connectivity index (χ1v) is 14.1. The highest BCUT2D eigenvalue weighted by molar-refractivity contribution is 5.68. The summed E-state index contributed by atoms with van der Waals surface area (Å²) in [7, 11) is 0. The van der Waals surface area contributed by atoms with E-state index in [4.69, 9.17) is 10.5 Å². The average Bonchev–Trinajstić information content (AvgIpc) is 2.65. The molecule has 4 rings (SSSR count). The van der Waals surface area contributed by atoms with Crippen LogP contribution in [0.3, 0.4) is 0 Å². The van der Waals surface area contributed by atoms with Gasteiger partial charge in [-0.2, -0.15) is 0 Å². The predicted molar refractivity (Wildman–Crippen MR) is 138 cm³/mol. The number of alkyl carbamates (subject to hydrolysis) is 1. The van der Waals surface area contributed by atoms with E-state index in [9.17, 15) is 4.79 Å². The standard InChI is InChI=1S/C17H31NO2.C12H23N/c1-12(2)13-6-8-17(9-7-13)10-14(11-17)18-15(19)20-16(3,4)5;1-9(2)10-3-5-12(6-4-10)7-11(13)8-12/h12-14H,6-11H2,1-5H3,(H,18,19);9-11H,3-8,13H2,1-2H3. The molecule has 0 bridgehead atoms. The second kappa shape index (κ2) is 10.5. The third-order valence-corrected chi connectivity index (χ3v) is 9.54. The molecule has 2 spiro atoms. The minimum absolute atomic E-state index is 0.256. The van der Waals surface area contributed by atoms with Crippen LogP contribution in [-0.4, -0.2) is 23.8 Å². The van der Waals surface area contributed by atoms with Gasteiger partial charge in [-0.25, -0.2) is 4.79 Å². The van der Waals surface area contributed by atoms with Crippen molar-refractivity contribution in [2.75, 3.05) is 0 Å². The van der Waals surface area contributed by atoms with Gasteiger partial charge in [0, 0.05) is 12.1 Å². The molecule has 0 atom stereocenters. The van der Waals surface area contributed by atoms with E-state index in [-0.39, 0.29) is 6.09 Å². The van der Waals surface area contributed by atoms with Crippen LogP contribution in [0, 0.1) is 34.5 Å². The van der Waals surface area contributed by atoms with Crippen molar-refractivity contribution in [3.8, 4) is 0 Å². The highest BCUT2D eigenvalue weighted by Crippen LogP contribution is 2.54. The smallest absolute Gasteiger partial charge is 0.407 e. The SMILES string of the molecule is CC(C)C1CCC2(CC1)CC(N)C2.CC(C)C1CCC2(CC1)CC(NC(=O)OC(C)(C)C)C2. The van der Waals surface area contributed by atoms with Gasteiger partial charge in [0.1, 0.15) is 5.60 Å². The lowest BCUT2D eigenvalue weighted by Crippen LogP contribution is -2.53. The first kappa shape index (κ1) is 26.8. The summed E-state index contributed by atoms with van der Waals surface area (Å²) in [5.41, 5.74) is 6.72. The van der Waals surface area contributed by atoms with Gasteiger partial charge in [-0.15, -0.1) is 0 Å². The summed E-state index contributed by atoms with van der Waals surface area (Å²) in [5.74, 6) is 3.63. The van der Waals surface area contributed by atoms with E-state index in [1.165, 1.54) is 64.2 Å². The number of nitrogens with two attached hydrogens (primary N) is 1. The molecule has 1 amide bonds. The van der Waals surface area contributed by atoms with Gasteiger partial charge in [0.05, 0.1) is 0 Å². The minimum atomic E-state index is -0.402. The van der Waals surface area contributed by atoms with Crippen LogP contribution in [0.15, 0.2) is 0 Å². The number of amides is 1. The molecule has 0 radical (unpaired) electrons. The van der Waals surface area contributed by atoms with Crippen molar-refractivity contribution in [2.24, 2.45) is 40.2 Å². The number of rotatable bonds is 3. The number of nitrogens with one attached hydrogen (secondary N) is 1. The number of ether oxygens (including phenoxy) is 1. The van der Waals surface area contributed by atoms with Gasteiger partial charge in [0.15, 0.2) is 0 Å². The van der Waals surface area contributed by atoms with Crippen LogP contribution >= 0.6 is 0 Å². The summed E-state index contributed by atoms with van der Waals surface area (Å²) in [6.45, 7) is 15.1. The molecule has 192 valence electrons. The summed E-state index contributed by atoms with van der Waals surface area (Å²) in [4.78, 5) is 11.7. The summed E-state index contributed by atoms with van der Waals surface area (Å²) >= 11 is 0. The van der Waals surface area contributed by atoms with Crippen LogP contribution < -0.4 is 11.1 Å². The van der Waals surface area contributed by atoms with Gasteiger partial charge in [-0.3, -0.25) is 0 Å². The highest BCUT2D eigenvalue weighted by Gasteiger charge is 2.47. The Balaban J connectivity index is 0.000000203. The Morgan fingerprint density at radius 3 is 1.55 bits per heavy atom. The van der Waals surface area contributed by atoms with E-state index in [2.05, 4.69) is 33.0 Å². The Morgan fingerprint density at radius 1 is 0.818 bits per heavy atom. The molecule has 0 aromatic carbocycles. The lowest BCUT2D eigenvalue weighted by Gasteiger charge is -2.52. The Morgan fingerprint density at radius 2 is 1.21 bits per heavy atom. The average molecular weight is 463 g/mol. The number of carbonyl (C=O) groups excluding carboxylic acids is 1.